The van der Waals surface area contributed by atoms with Crippen molar-refractivity contribution in [2.75, 3.05) is 32.8 Å². The minimum atomic E-state index is -1.19. The highest BCUT2D eigenvalue weighted by molar-refractivity contribution is 6.76. The first-order valence-corrected chi connectivity index (χ1v) is 21.4. The normalized spacial score (nSPS) is 18.6. The Balaban J connectivity index is 1.33. The second-order valence-corrected chi connectivity index (χ2v) is 22.5. The summed E-state index contributed by atoms with van der Waals surface area (Å²) in [5.74, 6) is 1.97. The molecular weight excluding hydrogens is 631 g/mol. The summed E-state index contributed by atoms with van der Waals surface area (Å²) in [6, 6.07) is 14.4. The highest BCUT2D eigenvalue weighted by atomic mass is 28.3. The fraction of sp³-hybridized carbons (Fsp3) is 0.579. The maximum absolute atomic E-state index is 12.5. The monoisotopic (exact) mass is 688 g/mol. The summed E-state index contributed by atoms with van der Waals surface area (Å²) in [5.41, 5.74) is 5.44. The van der Waals surface area contributed by atoms with E-state index in [1.807, 2.05) is 42.4 Å². The maximum atomic E-state index is 12.5. The molecule has 0 bridgehead atoms. The molecule has 1 aromatic heterocycles. The van der Waals surface area contributed by atoms with Gasteiger partial charge in [-0.3, -0.25) is 4.90 Å². The van der Waals surface area contributed by atoms with Crippen molar-refractivity contribution in [2.24, 2.45) is 0 Å². The summed E-state index contributed by atoms with van der Waals surface area (Å²) in [6.45, 7) is 28.2. The van der Waals surface area contributed by atoms with E-state index in [0.717, 1.165) is 54.4 Å². The van der Waals surface area contributed by atoms with Crippen LogP contribution in [-0.4, -0.2) is 90.5 Å². The van der Waals surface area contributed by atoms with Gasteiger partial charge in [-0.15, -0.1) is 0 Å². The Kier molecular flexibility index (Phi) is 10.9. The third kappa shape index (κ3) is 9.44. The molecular formula is C38H57BN4O5Si. The van der Waals surface area contributed by atoms with Crippen LogP contribution in [0, 0.1) is 6.92 Å². The number of carbonyl (C=O) groups excluding carboxylic acids is 1. The molecule has 0 radical (unpaired) electrons. The van der Waals surface area contributed by atoms with Crippen molar-refractivity contribution in [3.8, 4) is 11.1 Å². The lowest BCUT2D eigenvalue weighted by molar-refractivity contribution is 0.00578. The van der Waals surface area contributed by atoms with E-state index in [1.165, 1.54) is 16.7 Å². The van der Waals surface area contributed by atoms with Gasteiger partial charge in [0.25, 0.3) is 0 Å². The van der Waals surface area contributed by atoms with Crippen LogP contribution in [0.15, 0.2) is 42.4 Å². The number of fused-ring (bicyclic) bond motifs is 1. The molecule has 0 atom stereocenters. The minimum absolute atomic E-state index is 0.226. The molecule has 49 heavy (non-hydrogen) atoms. The van der Waals surface area contributed by atoms with Crippen LogP contribution < -0.4 is 0 Å². The first kappa shape index (κ1) is 37.3. The lowest BCUT2D eigenvalue weighted by atomic mass is 9.89. The summed E-state index contributed by atoms with van der Waals surface area (Å²) in [7, 11) is -1.64. The van der Waals surface area contributed by atoms with Crippen LogP contribution in [-0.2, 0) is 32.1 Å². The molecule has 0 unspecified atom stereocenters. The summed E-state index contributed by atoms with van der Waals surface area (Å²) in [6.07, 6.45) is 1.79. The molecule has 5 rings (SSSR count). The zero-order valence-electron chi connectivity index (χ0n) is 31.7. The molecule has 3 aromatic rings. The first-order valence-electron chi connectivity index (χ1n) is 17.7. The summed E-state index contributed by atoms with van der Waals surface area (Å²) in [4.78, 5) is 16.7. The van der Waals surface area contributed by atoms with Gasteiger partial charge in [0.15, 0.2) is 0 Å². The number of piperazine rings is 1. The fourth-order valence-electron chi connectivity index (χ4n) is 6.08. The van der Waals surface area contributed by atoms with Crippen LogP contribution in [0.1, 0.15) is 65.3 Å². The van der Waals surface area contributed by atoms with Crippen LogP contribution in [0.4, 0.5) is 4.79 Å². The van der Waals surface area contributed by atoms with Gasteiger partial charge in [-0.25, -0.2) is 9.48 Å². The van der Waals surface area contributed by atoms with Gasteiger partial charge in [0.1, 0.15) is 12.3 Å². The van der Waals surface area contributed by atoms with Gasteiger partial charge in [-0.2, -0.15) is 5.10 Å². The van der Waals surface area contributed by atoms with Crippen molar-refractivity contribution in [3.63, 3.8) is 0 Å². The summed E-state index contributed by atoms with van der Waals surface area (Å²) >= 11 is 0. The van der Waals surface area contributed by atoms with Crippen LogP contribution in [0.2, 0.25) is 25.7 Å². The van der Waals surface area contributed by atoms with E-state index >= 15 is 0 Å². The van der Waals surface area contributed by atoms with Gasteiger partial charge in [-0.05, 0) is 102 Å². The SMILES string of the molecule is Cc1cc(CN2CCN(C(=O)OC(C)(C)C)CC2)ccc1-c1ccc2c(c1)c(/C=C/B1OC(C)(C)C(C)(C)O1)nn2COCC[Si](C)(C)C. The van der Waals surface area contributed by atoms with Crippen LogP contribution in [0.3, 0.4) is 0 Å². The quantitative estimate of drug-likeness (QED) is 0.158. The Hall–Kier alpha value is -2.96. The van der Waals surface area contributed by atoms with Crippen molar-refractivity contribution < 1.29 is 23.6 Å². The molecule has 0 N–H and O–H groups in total. The van der Waals surface area contributed by atoms with E-state index in [1.54, 1.807) is 0 Å². The first-order chi connectivity index (χ1) is 22.8. The van der Waals surface area contributed by atoms with Crippen LogP contribution >= 0.6 is 0 Å². The van der Waals surface area contributed by atoms with Crippen molar-refractivity contribution >= 4 is 38.3 Å². The maximum Gasteiger partial charge on any atom is 0.487 e. The Labute approximate surface area is 295 Å². The number of hydrogen-bond acceptors (Lipinski definition) is 7. The van der Waals surface area contributed by atoms with Crippen molar-refractivity contribution in [3.05, 3.63) is 59.2 Å². The molecule has 266 valence electrons. The van der Waals surface area contributed by atoms with Gasteiger partial charge >= 0.3 is 13.2 Å². The van der Waals surface area contributed by atoms with Crippen LogP contribution in [0.25, 0.3) is 28.1 Å². The number of amides is 1. The van der Waals surface area contributed by atoms with Gasteiger partial charge in [0.2, 0.25) is 0 Å². The van der Waals surface area contributed by atoms with E-state index in [9.17, 15) is 4.79 Å². The highest BCUT2D eigenvalue weighted by Gasteiger charge is 2.50. The number of nitrogens with zero attached hydrogens (tertiary/aromatic N) is 4. The van der Waals surface area contributed by atoms with Gasteiger partial charge in [-0.1, -0.05) is 49.9 Å². The molecule has 0 spiro atoms. The molecule has 0 aliphatic carbocycles. The fourth-order valence-corrected chi connectivity index (χ4v) is 6.84. The molecule has 3 heterocycles. The Morgan fingerprint density at radius 1 is 1.00 bits per heavy atom. The standard InChI is InChI=1S/C38H57BN4O5Si/c1-28-24-29(26-41-18-20-42(21-19-41)35(44)46-36(2,3)4)12-14-31(28)30-13-15-34-32(25-30)33(40-43(34)27-45-22-23-49(9,10)11)16-17-39-47-37(5,6)38(7,8)48-39/h12-17,24-25H,18-23,26-27H2,1-11H3/b17-16+. The number of aromatic nitrogens is 2. The molecule has 2 aliphatic rings. The molecule has 2 aromatic carbocycles. The van der Waals surface area contributed by atoms with Crippen molar-refractivity contribution in [2.45, 2.75) is 111 Å². The van der Waals surface area contributed by atoms with Crippen molar-refractivity contribution in [1.82, 2.24) is 19.6 Å². The number of carbonyl (C=O) groups is 1. The zero-order valence-corrected chi connectivity index (χ0v) is 32.7. The van der Waals surface area contributed by atoms with Gasteiger partial charge in [0.05, 0.1) is 22.4 Å². The van der Waals surface area contributed by atoms with E-state index < -0.39 is 32.0 Å². The van der Waals surface area contributed by atoms with Gasteiger partial charge < -0.3 is 23.7 Å². The molecule has 1 amide bonds. The number of aryl methyl sites for hydroxylation is 1. The predicted molar refractivity (Wildman–Crippen MR) is 202 cm³/mol. The predicted octanol–water partition coefficient (Wildman–Crippen LogP) is 8.02. The lowest BCUT2D eigenvalue weighted by Crippen LogP contribution is -2.49. The number of rotatable bonds is 10. The second kappa shape index (κ2) is 14.3. The largest absolute Gasteiger partial charge is 0.487 e. The van der Waals surface area contributed by atoms with E-state index in [2.05, 4.69) is 95.6 Å². The second-order valence-electron chi connectivity index (χ2n) is 16.8. The molecule has 2 saturated heterocycles. The van der Waals surface area contributed by atoms with E-state index in [4.69, 9.17) is 23.9 Å². The van der Waals surface area contributed by atoms with E-state index in [0.29, 0.717) is 19.8 Å². The molecule has 11 heteroatoms. The molecule has 9 nitrogen and oxygen atoms in total. The molecule has 2 fully saturated rings. The van der Waals surface area contributed by atoms with E-state index in [-0.39, 0.29) is 6.09 Å². The third-order valence-corrected chi connectivity index (χ3v) is 11.4. The third-order valence-electron chi connectivity index (χ3n) is 9.70. The summed E-state index contributed by atoms with van der Waals surface area (Å²) < 4.78 is 26.1. The molecule has 0 saturated carbocycles. The summed E-state index contributed by atoms with van der Waals surface area (Å²) in [5, 5.41) is 6.05. The minimum Gasteiger partial charge on any atom is -0.444 e. The zero-order chi connectivity index (χ0) is 35.8. The smallest absolute Gasteiger partial charge is 0.444 e. The Morgan fingerprint density at radius 2 is 1.67 bits per heavy atom. The highest BCUT2D eigenvalue weighted by Crippen LogP contribution is 2.37. The van der Waals surface area contributed by atoms with Gasteiger partial charge in [0, 0.05) is 52.8 Å². The Morgan fingerprint density at radius 3 is 2.29 bits per heavy atom. The van der Waals surface area contributed by atoms with Crippen molar-refractivity contribution in [1.29, 1.82) is 0 Å². The molecule has 2 aliphatic heterocycles. The number of hydrogen-bond donors (Lipinski definition) is 0. The average molecular weight is 689 g/mol. The Bertz CT molecular complexity index is 1650. The topological polar surface area (TPSA) is 78.3 Å². The average Bonchev–Trinajstić information content (AvgIpc) is 3.44. The lowest BCUT2D eigenvalue weighted by Gasteiger charge is -2.35. The number of ether oxygens (including phenoxy) is 2. The van der Waals surface area contributed by atoms with Crippen LogP contribution in [0.5, 0.6) is 0 Å². The number of benzene rings is 2.